The van der Waals surface area contributed by atoms with Crippen molar-refractivity contribution < 1.29 is 28.0 Å². The molecule has 0 atom stereocenters. The normalized spacial score (nSPS) is 11.0. The van der Waals surface area contributed by atoms with Crippen molar-refractivity contribution in [3.8, 4) is 11.5 Å². The Hall–Kier alpha value is -2.85. The summed E-state index contributed by atoms with van der Waals surface area (Å²) in [6.45, 7) is 0. The number of rotatable bonds is 4. The third kappa shape index (κ3) is 4.07. The summed E-state index contributed by atoms with van der Waals surface area (Å²) in [7, 11) is -4.49. The fraction of sp³-hybridized carbons (Fsp3) is 0. The Balaban J connectivity index is 2.19. The number of anilines is 2. The van der Waals surface area contributed by atoms with Gasteiger partial charge in [-0.25, -0.2) is 9.71 Å². The van der Waals surface area contributed by atoms with Gasteiger partial charge in [0.2, 0.25) is 0 Å². The van der Waals surface area contributed by atoms with Gasteiger partial charge in [-0.2, -0.15) is 8.42 Å². The zero-order chi connectivity index (χ0) is 16.3. The van der Waals surface area contributed by atoms with E-state index in [4.69, 9.17) is 4.55 Å². The fourth-order valence-corrected chi connectivity index (χ4v) is 1.94. The van der Waals surface area contributed by atoms with Crippen LogP contribution >= 0.6 is 0 Å². The Bertz CT molecular complexity index is 821. The predicted octanol–water partition coefficient (Wildman–Crippen LogP) is 0.960. The van der Waals surface area contributed by atoms with Crippen LogP contribution < -0.4 is 10.0 Å². The molecule has 0 aliphatic rings. The lowest BCUT2D eigenvalue weighted by atomic mass is 10.2. The number of aromatic hydroxyl groups is 2. The molecule has 0 aliphatic heterocycles. The Morgan fingerprint density at radius 1 is 1.09 bits per heavy atom. The number of phenols is 2. The minimum Gasteiger partial charge on any atom is -0.504 e. The van der Waals surface area contributed by atoms with Crippen molar-refractivity contribution in [3.05, 3.63) is 42.1 Å². The molecule has 0 saturated heterocycles. The van der Waals surface area contributed by atoms with E-state index in [9.17, 15) is 23.4 Å². The van der Waals surface area contributed by atoms with Crippen LogP contribution in [-0.2, 0) is 10.3 Å². The highest BCUT2D eigenvalue weighted by Gasteiger charge is 2.11. The maximum atomic E-state index is 12.0. The summed E-state index contributed by atoms with van der Waals surface area (Å²) in [5, 5.41) is 21.0. The maximum absolute atomic E-state index is 12.0. The highest BCUT2D eigenvalue weighted by atomic mass is 32.2. The second kappa shape index (κ2) is 5.87. The van der Waals surface area contributed by atoms with Crippen LogP contribution in [0.4, 0.5) is 11.5 Å². The SMILES string of the molecule is O=C(Nc1ccc(O)c(O)c1)c1ccnc(NS(=O)(=O)O)c1. The number of hydrogen-bond donors (Lipinski definition) is 5. The van der Waals surface area contributed by atoms with E-state index in [0.717, 1.165) is 12.1 Å². The third-order valence-electron chi connectivity index (χ3n) is 2.49. The number of pyridine rings is 1. The lowest BCUT2D eigenvalue weighted by Crippen LogP contribution is -2.15. The van der Waals surface area contributed by atoms with E-state index in [-0.39, 0.29) is 22.8 Å². The van der Waals surface area contributed by atoms with Crippen molar-refractivity contribution in [1.29, 1.82) is 0 Å². The molecule has 0 fully saturated rings. The highest BCUT2D eigenvalue weighted by Crippen LogP contribution is 2.27. The molecule has 1 aromatic carbocycles. The van der Waals surface area contributed by atoms with Gasteiger partial charge < -0.3 is 15.5 Å². The lowest BCUT2D eigenvalue weighted by molar-refractivity contribution is 0.102. The lowest BCUT2D eigenvalue weighted by Gasteiger charge is -2.07. The average molecular weight is 325 g/mol. The minimum absolute atomic E-state index is 0.0636. The van der Waals surface area contributed by atoms with Gasteiger partial charge in [0.25, 0.3) is 5.91 Å². The third-order valence-corrected chi connectivity index (χ3v) is 2.96. The van der Waals surface area contributed by atoms with Gasteiger partial charge in [-0.15, -0.1) is 0 Å². The second-order valence-electron chi connectivity index (χ2n) is 4.16. The molecule has 0 bridgehead atoms. The topological polar surface area (TPSA) is 149 Å². The van der Waals surface area contributed by atoms with Crippen LogP contribution in [0.5, 0.6) is 11.5 Å². The Morgan fingerprint density at radius 2 is 1.82 bits per heavy atom. The number of benzene rings is 1. The first kappa shape index (κ1) is 15.5. The summed E-state index contributed by atoms with van der Waals surface area (Å²) in [6.07, 6.45) is 1.18. The van der Waals surface area contributed by atoms with Crippen LogP contribution in [0.1, 0.15) is 10.4 Å². The molecule has 0 spiro atoms. The second-order valence-corrected chi connectivity index (χ2v) is 5.32. The number of phenolic OH excluding ortho intramolecular Hbond substituents is 2. The standard InChI is InChI=1S/C12H11N3O6S/c16-9-2-1-8(6-10(9)17)14-12(18)7-3-4-13-11(5-7)15-22(19,20)21/h1-6,16-17H,(H,13,15)(H,14,18)(H,19,20,21). The first-order valence-electron chi connectivity index (χ1n) is 5.79. The maximum Gasteiger partial charge on any atom is 0.358 e. The molecule has 1 amide bonds. The van der Waals surface area contributed by atoms with E-state index in [0.29, 0.717) is 0 Å². The molecule has 2 rings (SSSR count). The molecule has 1 aromatic heterocycles. The van der Waals surface area contributed by atoms with Gasteiger partial charge in [0.15, 0.2) is 11.5 Å². The fourth-order valence-electron chi connectivity index (χ4n) is 1.56. The van der Waals surface area contributed by atoms with E-state index < -0.39 is 22.0 Å². The summed E-state index contributed by atoms with van der Waals surface area (Å²) >= 11 is 0. The van der Waals surface area contributed by atoms with Gasteiger partial charge in [-0.1, -0.05) is 0 Å². The van der Waals surface area contributed by atoms with Crippen LogP contribution in [0.25, 0.3) is 0 Å². The van der Waals surface area contributed by atoms with Gasteiger partial charge in [0, 0.05) is 23.5 Å². The Labute approximate surface area is 125 Å². The largest absolute Gasteiger partial charge is 0.504 e. The number of carbonyl (C=O) groups is 1. The summed E-state index contributed by atoms with van der Waals surface area (Å²) in [5.41, 5.74) is 0.287. The quantitative estimate of drug-likeness (QED) is 0.319. The predicted molar refractivity (Wildman–Crippen MR) is 77.1 cm³/mol. The number of carbonyl (C=O) groups excluding carboxylic acids is 1. The van der Waals surface area contributed by atoms with Crippen LogP contribution in [0.15, 0.2) is 36.5 Å². The molecule has 5 N–H and O–H groups in total. The molecule has 9 nitrogen and oxygen atoms in total. The Kier molecular flexibility index (Phi) is 4.15. The summed E-state index contributed by atoms with van der Waals surface area (Å²) in [6, 6.07) is 6.15. The van der Waals surface area contributed by atoms with Crippen LogP contribution in [0.2, 0.25) is 0 Å². The van der Waals surface area contributed by atoms with Crippen molar-refractivity contribution in [2.24, 2.45) is 0 Å². The molecule has 2 aromatic rings. The molecular weight excluding hydrogens is 314 g/mol. The molecule has 0 aliphatic carbocycles. The van der Waals surface area contributed by atoms with Crippen molar-refractivity contribution in [2.45, 2.75) is 0 Å². The van der Waals surface area contributed by atoms with Gasteiger partial charge in [-0.05, 0) is 24.3 Å². The first-order chi connectivity index (χ1) is 10.2. The van der Waals surface area contributed by atoms with E-state index >= 15 is 0 Å². The average Bonchev–Trinajstić information content (AvgIpc) is 2.41. The first-order valence-corrected chi connectivity index (χ1v) is 7.23. The Morgan fingerprint density at radius 3 is 2.45 bits per heavy atom. The van der Waals surface area contributed by atoms with Gasteiger partial charge in [-0.3, -0.25) is 9.35 Å². The number of aromatic nitrogens is 1. The van der Waals surface area contributed by atoms with Crippen molar-refractivity contribution in [3.63, 3.8) is 0 Å². The van der Waals surface area contributed by atoms with E-state index in [1.165, 1.54) is 24.4 Å². The summed E-state index contributed by atoms with van der Waals surface area (Å²) in [4.78, 5) is 15.6. The van der Waals surface area contributed by atoms with Crippen LogP contribution in [-0.4, -0.2) is 34.1 Å². The van der Waals surface area contributed by atoms with Crippen molar-refractivity contribution in [1.82, 2.24) is 4.98 Å². The highest BCUT2D eigenvalue weighted by molar-refractivity contribution is 7.87. The molecule has 0 radical (unpaired) electrons. The molecular formula is C12H11N3O6S. The minimum atomic E-state index is -4.49. The summed E-state index contributed by atoms with van der Waals surface area (Å²) in [5.74, 6) is -1.57. The van der Waals surface area contributed by atoms with Crippen molar-refractivity contribution >= 4 is 27.7 Å². The van der Waals surface area contributed by atoms with Crippen molar-refractivity contribution in [2.75, 3.05) is 10.0 Å². The van der Waals surface area contributed by atoms with Crippen LogP contribution in [0.3, 0.4) is 0 Å². The van der Waals surface area contributed by atoms with E-state index in [2.05, 4.69) is 10.3 Å². The van der Waals surface area contributed by atoms with Gasteiger partial charge >= 0.3 is 10.3 Å². The monoisotopic (exact) mass is 325 g/mol. The van der Waals surface area contributed by atoms with Gasteiger partial charge in [0.05, 0.1) is 0 Å². The number of amides is 1. The molecule has 22 heavy (non-hydrogen) atoms. The van der Waals surface area contributed by atoms with Gasteiger partial charge in [0.1, 0.15) is 5.82 Å². The molecule has 116 valence electrons. The molecule has 0 unspecified atom stereocenters. The van der Waals surface area contributed by atoms with E-state index in [1.54, 1.807) is 4.72 Å². The zero-order valence-corrected chi connectivity index (χ0v) is 11.7. The molecule has 0 saturated carbocycles. The number of hydrogen-bond acceptors (Lipinski definition) is 6. The van der Waals surface area contributed by atoms with E-state index in [1.807, 2.05) is 0 Å². The smallest absolute Gasteiger partial charge is 0.358 e. The molecule has 1 heterocycles. The zero-order valence-electron chi connectivity index (χ0n) is 10.9. The summed E-state index contributed by atoms with van der Waals surface area (Å²) < 4.78 is 31.8. The number of nitrogens with one attached hydrogen (secondary N) is 2. The molecule has 10 heteroatoms. The van der Waals surface area contributed by atoms with Crippen LogP contribution in [0, 0.1) is 0 Å². The number of nitrogens with zero attached hydrogens (tertiary/aromatic N) is 1.